The van der Waals surface area contributed by atoms with Gasteiger partial charge in [-0.2, -0.15) is 0 Å². The smallest absolute Gasteiger partial charge is 0.188 e. The van der Waals surface area contributed by atoms with Crippen LogP contribution >= 0.6 is 0 Å². The van der Waals surface area contributed by atoms with Gasteiger partial charge in [0.1, 0.15) is 11.5 Å². The normalized spacial score (nSPS) is 13.2. The molecule has 0 aliphatic heterocycles. The molecule has 0 fully saturated rings. The number of fused-ring (bicyclic) bond motifs is 3. The third-order valence-electron chi connectivity index (χ3n) is 7.96. The second-order valence-corrected chi connectivity index (χ2v) is 10.8. The molecule has 4 heteroatoms. The van der Waals surface area contributed by atoms with E-state index in [0.717, 1.165) is 22.6 Å². The number of hydrogen-bond acceptors (Lipinski definition) is 4. The van der Waals surface area contributed by atoms with E-state index in [1.807, 2.05) is 0 Å². The Bertz CT molecular complexity index is 1430. The van der Waals surface area contributed by atoms with Crippen molar-refractivity contribution < 1.29 is 18.9 Å². The van der Waals surface area contributed by atoms with Gasteiger partial charge in [0.15, 0.2) is 13.6 Å². The van der Waals surface area contributed by atoms with Crippen molar-refractivity contribution in [1.82, 2.24) is 0 Å². The monoisotopic (exact) mass is 522 g/mol. The summed E-state index contributed by atoms with van der Waals surface area (Å²) < 4.78 is 22.8. The van der Waals surface area contributed by atoms with Crippen LogP contribution in [0.1, 0.15) is 55.6 Å². The first-order chi connectivity index (χ1) is 18.7. The fourth-order valence-electron chi connectivity index (χ4n) is 6.31. The lowest BCUT2D eigenvalue weighted by atomic mass is 9.64. The van der Waals surface area contributed by atoms with Crippen molar-refractivity contribution >= 4 is 0 Å². The van der Waals surface area contributed by atoms with E-state index in [1.54, 1.807) is 14.2 Å². The largest absolute Gasteiger partial charge is 0.467 e. The summed E-state index contributed by atoms with van der Waals surface area (Å²) in [7, 11) is 3.30. The maximum absolute atomic E-state index is 6.11. The first-order valence-electron chi connectivity index (χ1n) is 13.4. The van der Waals surface area contributed by atoms with Crippen LogP contribution < -0.4 is 9.47 Å². The van der Waals surface area contributed by atoms with Crippen LogP contribution in [0, 0.1) is 41.5 Å². The standard InChI is InChI=1S/C35H38O4/c1-21-9-11-27-28-12-10-22(2)14-32(28)35(31(27)13-21,29-17-33(38-19-36-7)25(5)15-23(29)3)30-18-34(39-20-37-8)26(6)16-24(30)4/h9-18H,19-20H2,1-8H3. The molecule has 0 spiro atoms. The molecule has 1 aliphatic rings. The highest BCUT2D eigenvalue weighted by Gasteiger charge is 2.48. The van der Waals surface area contributed by atoms with Crippen LogP contribution in [0.3, 0.4) is 0 Å². The Balaban J connectivity index is 1.96. The Labute approximate surface area is 232 Å². The van der Waals surface area contributed by atoms with Crippen LogP contribution in [0.15, 0.2) is 60.7 Å². The third-order valence-corrected chi connectivity index (χ3v) is 7.96. The van der Waals surface area contributed by atoms with Gasteiger partial charge in [-0.1, -0.05) is 59.7 Å². The molecule has 4 aromatic carbocycles. The predicted molar refractivity (Wildman–Crippen MR) is 157 cm³/mol. The van der Waals surface area contributed by atoms with E-state index < -0.39 is 5.41 Å². The van der Waals surface area contributed by atoms with E-state index in [4.69, 9.17) is 18.9 Å². The van der Waals surface area contributed by atoms with Crippen molar-refractivity contribution in [2.24, 2.45) is 0 Å². The molecule has 0 atom stereocenters. The maximum Gasteiger partial charge on any atom is 0.188 e. The number of rotatable bonds is 8. The Kier molecular flexibility index (Phi) is 7.28. The molecule has 0 amide bonds. The number of hydrogen-bond donors (Lipinski definition) is 0. The molecular weight excluding hydrogens is 484 g/mol. The van der Waals surface area contributed by atoms with Gasteiger partial charge < -0.3 is 18.9 Å². The summed E-state index contributed by atoms with van der Waals surface area (Å²) in [6, 6.07) is 22.6. The lowest BCUT2D eigenvalue weighted by Crippen LogP contribution is -2.31. The van der Waals surface area contributed by atoms with E-state index in [0.29, 0.717) is 0 Å². The molecule has 0 saturated heterocycles. The van der Waals surface area contributed by atoms with Gasteiger partial charge in [0.25, 0.3) is 0 Å². The lowest BCUT2D eigenvalue weighted by Gasteiger charge is -2.37. The average molecular weight is 523 g/mol. The van der Waals surface area contributed by atoms with Gasteiger partial charge >= 0.3 is 0 Å². The molecule has 0 heterocycles. The van der Waals surface area contributed by atoms with Crippen LogP contribution in [0.25, 0.3) is 11.1 Å². The summed E-state index contributed by atoms with van der Waals surface area (Å²) in [5.41, 5.74) is 13.9. The molecule has 5 rings (SSSR count). The SMILES string of the molecule is COCOc1cc(C2(c3cc(OCOC)c(C)cc3C)c3cc(C)ccc3-c3ccc(C)cc32)c(C)cc1C. The Hall–Kier alpha value is -3.60. The quantitative estimate of drug-likeness (QED) is 0.194. The summed E-state index contributed by atoms with van der Waals surface area (Å²) in [4.78, 5) is 0. The second-order valence-electron chi connectivity index (χ2n) is 10.8. The Morgan fingerprint density at radius 3 is 1.28 bits per heavy atom. The first-order valence-corrected chi connectivity index (χ1v) is 13.4. The molecule has 0 unspecified atom stereocenters. The van der Waals surface area contributed by atoms with Crippen LogP contribution in [0.5, 0.6) is 11.5 Å². The minimum Gasteiger partial charge on any atom is -0.467 e. The van der Waals surface area contributed by atoms with Gasteiger partial charge in [0, 0.05) is 14.2 Å². The molecule has 0 saturated carbocycles. The minimum absolute atomic E-state index is 0.195. The van der Waals surface area contributed by atoms with Crippen LogP contribution in [-0.4, -0.2) is 27.8 Å². The van der Waals surface area contributed by atoms with Crippen LogP contribution in [-0.2, 0) is 14.9 Å². The molecule has 0 aromatic heterocycles. The van der Waals surface area contributed by atoms with Crippen molar-refractivity contribution in [2.75, 3.05) is 27.8 Å². The van der Waals surface area contributed by atoms with Crippen molar-refractivity contribution in [3.8, 4) is 22.6 Å². The van der Waals surface area contributed by atoms with Gasteiger partial charge in [-0.3, -0.25) is 0 Å². The maximum atomic E-state index is 6.11. The number of ether oxygens (including phenoxy) is 4. The Morgan fingerprint density at radius 2 is 0.897 bits per heavy atom. The number of aryl methyl sites for hydroxylation is 6. The van der Waals surface area contributed by atoms with Gasteiger partial charge in [0.05, 0.1) is 5.41 Å². The fraction of sp³-hybridized carbons (Fsp3) is 0.314. The van der Waals surface area contributed by atoms with E-state index in [2.05, 4.69) is 102 Å². The third kappa shape index (κ3) is 4.42. The fourth-order valence-corrected chi connectivity index (χ4v) is 6.31. The zero-order valence-corrected chi connectivity index (χ0v) is 24.3. The summed E-state index contributed by atoms with van der Waals surface area (Å²) in [6.07, 6.45) is 0. The van der Waals surface area contributed by atoms with Crippen LogP contribution in [0.2, 0.25) is 0 Å². The molecule has 0 N–H and O–H groups in total. The van der Waals surface area contributed by atoms with Crippen molar-refractivity contribution in [1.29, 1.82) is 0 Å². The second kappa shape index (κ2) is 10.5. The molecule has 4 aromatic rings. The molecular formula is C35H38O4. The highest BCUT2D eigenvalue weighted by Crippen LogP contribution is 2.58. The van der Waals surface area contributed by atoms with Crippen molar-refractivity contribution in [2.45, 2.75) is 47.0 Å². The predicted octanol–water partition coefficient (Wildman–Crippen LogP) is 7.87. The van der Waals surface area contributed by atoms with Crippen molar-refractivity contribution in [3.63, 3.8) is 0 Å². The topological polar surface area (TPSA) is 36.9 Å². The molecule has 202 valence electrons. The Morgan fingerprint density at radius 1 is 0.487 bits per heavy atom. The van der Waals surface area contributed by atoms with E-state index in [1.165, 1.54) is 55.6 Å². The number of methoxy groups -OCH3 is 2. The van der Waals surface area contributed by atoms with Gasteiger partial charge in [0.2, 0.25) is 0 Å². The van der Waals surface area contributed by atoms with Gasteiger partial charge in [-0.05, 0) is 109 Å². The highest BCUT2D eigenvalue weighted by atomic mass is 16.7. The first kappa shape index (κ1) is 27.0. The number of benzene rings is 4. The van der Waals surface area contributed by atoms with Crippen molar-refractivity contribution in [3.05, 3.63) is 116 Å². The zero-order valence-electron chi connectivity index (χ0n) is 24.3. The summed E-state index contributed by atoms with van der Waals surface area (Å²) >= 11 is 0. The summed E-state index contributed by atoms with van der Waals surface area (Å²) in [5.74, 6) is 1.65. The molecule has 0 bridgehead atoms. The minimum atomic E-state index is -0.575. The van der Waals surface area contributed by atoms with Gasteiger partial charge in [-0.25, -0.2) is 0 Å². The van der Waals surface area contributed by atoms with E-state index in [-0.39, 0.29) is 13.6 Å². The average Bonchev–Trinajstić information content (AvgIpc) is 3.17. The highest BCUT2D eigenvalue weighted by molar-refractivity contribution is 5.88. The molecule has 4 nitrogen and oxygen atoms in total. The zero-order chi connectivity index (χ0) is 27.9. The molecule has 39 heavy (non-hydrogen) atoms. The molecule has 1 aliphatic carbocycles. The molecule has 0 radical (unpaired) electrons. The summed E-state index contributed by atoms with van der Waals surface area (Å²) in [5, 5.41) is 0. The van der Waals surface area contributed by atoms with Gasteiger partial charge in [-0.15, -0.1) is 0 Å². The van der Waals surface area contributed by atoms with E-state index >= 15 is 0 Å². The summed E-state index contributed by atoms with van der Waals surface area (Å²) in [6.45, 7) is 13.3. The van der Waals surface area contributed by atoms with E-state index in [9.17, 15) is 0 Å². The lowest BCUT2D eigenvalue weighted by molar-refractivity contribution is 0.0505. The van der Waals surface area contributed by atoms with Crippen LogP contribution in [0.4, 0.5) is 0 Å².